The van der Waals surface area contributed by atoms with E-state index in [1.165, 1.54) is 12.0 Å². The largest absolute Gasteiger partial charge is 0.496 e. The lowest BCUT2D eigenvalue weighted by molar-refractivity contribution is -0.164. The second-order valence-electron chi connectivity index (χ2n) is 9.64. The zero-order chi connectivity index (χ0) is 31.2. The summed E-state index contributed by atoms with van der Waals surface area (Å²) in [6.07, 6.45) is 7.91. The third-order valence-electron chi connectivity index (χ3n) is 7.12. The molecule has 0 bridgehead atoms. The number of likely N-dealkylation sites (tertiary alicyclic amines) is 1. The van der Waals surface area contributed by atoms with Crippen LogP contribution < -0.4 is 9.47 Å². The fourth-order valence-corrected chi connectivity index (χ4v) is 5.42. The fraction of sp³-hybridized carbons (Fsp3) is 0.516. The third-order valence-corrected chi connectivity index (χ3v) is 7.12. The fourth-order valence-electron chi connectivity index (χ4n) is 5.42. The Hall–Kier alpha value is -2.69. The second-order valence-corrected chi connectivity index (χ2v) is 9.64. The van der Waals surface area contributed by atoms with Crippen molar-refractivity contribution in [3.05, 3.63) is 59.0 Å². The summed E-state index contributed by atoms with van der Waals surface area (Å²) >= 11 is 6.44. The lowest BCUT2D eigenvalue weighted by atomic mass is 9.57. The first kappa shape index (κ1) is 36.3. The normalized spacial score (nSPS) is 15.2. The first-order valence-electron chi connectivity index (χ1n) is 13.9. The van der Waals surface area contributed by atoms with E-state index in [1.54, 1.807) is 39.9 Å². The van der Waals surface area contributed by atoms with Crippen LogP contribution >= 0.6 is 23.3 Å². The van der Waals surface area contributed by atoms with Gasteiger partial charge in [-0.3, -0.25) is 19.5 Å². The Balaban J connectivity index is 0.00000131. The molecule has 1 aromatic heterocycles. The minimum Gasteiger partial charge on any atom is -0.496 e. The number of carbonyl (C=O) groups excluding carboxylic acids is 2. The van der Waals surface area contributed by atoms with Gasteiger partial charge in [0.1, 0.15) is 11.5 Å². The van der Waals surface area contributed by atoms with Crippen LogP contribution in [0.1, 0.15) is 62.8 Å². The second kappa shape index (κ2) is 18.0. The van der Waals surface area contributed by atoms with E-state index in [1.807, 2.05) is 52.8 Å². The zero-order valence-corrected chi connectivity index (χ0v) is 27.7. The van der Waals surface area contributed by atoms with Crippen LogP contribution in [0.25, 0.3) is 5.57 Å². The van der Waals surface area contributed by atoms with Gasteiger partial charge >= 0.3 is 5.97 Å². The van der Waals surface area contributed by atoms with Gasteiger partial charge < -0.3 is 19.1 Å². The number of thiol groups is 2. The van der Waals surface area contributed by atoms with Crippen molar-refractivity contribution in [3.8, 4) is 11.5 Å². The number of ether oxygens (including phenoxy) is 3. The van der Waals surface area contributed by atoms with E-state index < -0.39 is 0 Å². The van der Waals surface area contributed by atoms with Gasteiger partial charge in [-0.2, -0.15) is 0 Å². The van der Waals surface area contributed by atoms with Crippen molar-refractivity contribution in [2.45, 2.75) is 54.0 Å². The number of esters is 1. The number of hydrogen-bond donors (Lipinski definition) is 2. The van der Waals surface area contributed by atoms with Crippen molar-refractivity contribution in [3.63, 3.8) is 0 Å². The monoisotopic (exact) mass is 605 g/mol. The zero-order valence-electron chi connectivity index (χ0n) is 25.9. The lowest BCUT2D eigenvalue weighted by Crippen LogP contribution is -2.62. The van der Waals surface area contributed by atoms with Gasteiger partial charge in [-0.15, -0.1) is 23.3 Å². The number of amides is 1. The van der Waals surface area contributed by atoms with Crippen LogP contribution in [0.2, 0.25) is 0 Å². The summed E-state index contributed by atoms with van der Waals surface area (Å²) in [6, 6.07) is 5.93. The van der Waals surface area contributed by atoms with Crippen LogP contribution in [0.15, 0.2) is 36.8 Å². The van der Waals surface area contributed by atoms with Crippen molar-refractivity contribution in [1.82, 2.24) is 14.8 Å². The van der Waals surface area contributed by atoms with Crippen molar-refractivity contribution in [2.75, 3.05) is 41.5 Å². The van der Waals surface area contributed by atoms with E-state index >= 15 is 0 Å². The molecule has 2 fully saturated rings. The minimum atomic E-state index is -0.0958. The SMILES string of the molecule is CC.CC.COC(=O)C1CC2(C1)CN(Cc1c(OC)cc(/C(=C/N(C)C=O)c3ccncc3C)cc1OC)C2.SS. The topological polar surface area (TPSA) is 81.2 Å². The summed E-state index contributed by atoms with van der Waals surface area (Å²) in [5, 5.41) is 0. The molecular weight excluding hydrogens is 558 g/mol. The Morgan fingerprint density at radius 1 is 1.10 bits per heavy atom. The summed E-state index contributed by atoms with van der Waals surface area (Å²) in [4.78, 5) is 31.2. The van der Waals surface area contributed by atoms with Crippen LogP contribution in [-0.4, -0.2) is 68.6 Å². The molecule has 0 radical (unpaired) electrons. The van der Waals surface area contributed by atoms with Crippen LogP contribution in [0.5, 0.6) is 11.5 Å². The molecule has 1 saturated heterocycles. The summed E-state index contributed by atoms with van der Waals surface area (Å²) in [6.45, 7) is 12.6. The number of benzene rings is 1. The van der Waals surface area contributed by atoms with Crippen molar-refractivity contribution in [2.24, 2.45) is 11.3 Å². The molecule has 228 valence electrons. The maximum atomic E-state index is 11.8. The Morgan fingerprint density at radius 2 is 1.66 bits per heavy atom. The molecule has 0 unspecified atom stereocenters. The van der Waals surface area contributed by atoms with Crippen LogP contribution in [0.3, 0.4) is 0 Å². The number of rotatable bonds is 9. The number of nitrogens with zero attached hydrogens (tertiary/aromatic N) is 3. The highest BCUT2D eigenvalue weighted by Crippen LogP contribution is 2.53. The van der Waals surface area contributed by atoms with Crippen molar-refractivity contribution >= 4 is 41.3 Å². The molecule has 1 saturated carbocycles. The first-order valence-corrected chi connectivity index (χ1v) is 15.5. The number of pyridine rings is 1. The highest BCUT2D eigenvalue weighted by Gasteiger charge is 2.54. The molecule has 10 heteroatoms. The van der Waals surface area contributed by atoms with E-state index in [4.69, 9.17) is 14.2 Å². The summed E-state index contributed by atoms with van der Waals surface area (Å²) in [7, 11) is 6.48. The Labute approximate surface area is 256 Å². The third kappa shape index (κ3) is 8.90. The standard InChI is InChI=1S/C27H33N3O5.2C2H6.H2S2/c1-18-12-28-7-6-21(18)22(13-29(2)17-31)19-8-24(33-3)23(25(9-19)34-4)14-30-15-27(16-30)10-20(11-27)26(32)35-5;3*1-2/h6-9,12-13,17,20H,10-11,14-16H2,1-5H3;2*1-2H3;1-2H/b22-13-;;;. The molecule has 41 heavy (non-hydrogen) atoms. The maximum Gasteiger partial charge on any atom is 0.308 e. The van der Waals surface area contributed by atoms with Crippen LogP contribution in [-0.2, 0) is 20.9 Å². The molecule has 2 heterocycles. The average Bonchev–Trinajstić information content (AvgIpc) is 2.99. The molecule has 0 atom stereocenters. The number of aryl methyl sites for hydroxylation is 1. The smallest absolute Gasteiger partial charge is 0.308 e. The first-order chi connectivity index (χ1) is 19.8. The quantitative estimate of drug-likeness (QED) is 0.155. The highest BCUT2D eigenvalue weighted by molar-refractivity contribution is 8.59. The van der Waals surface area contributed by atoms with Crippen LogP contribution in [0.4, 0.5) is 0 Å². The van der Waals surface area contributed by atoms with Gasteiger partial charge in [0.05, 0.1) is 32.8 Å². The van der Waals surface area contributed by atoms with Gasteiger partial charge in [0.2, 0.25) is 6.41 Å². The molecule has 1 aliphatic heterocycles. The van der Waals surface area contributed by atoms with E-state index in [9.17, 15) is 9.59 Å². The molecule has 1 spiro atoms. The molecule has 0 N–H and O–H groups in total. The van der Waals surface area contributed by atoms with E-state index in [-0.39, 0.29) is 17.3 Å². The van der Waals surface area contributed by atoms with E-state index in [0.29, 0.717) is 6.54 Å². The van der Waals surface area contributed by atoms with Gasteiger partial charge in [0.15, 0.2) is 0 Å². The molecule has 2 aromatic rings. The summed E-state index contributed by atoms with van der Waals surface area (Å²) in [5.74, 6) is 1.40. The average molecular weight is 606 g/mol. The predicted octanol–water partition coefficient (Wildman–Crippen LogP) is 6.08. The number of hydrogen-bond acceptors (Lipinski definition) is 9. The highest BCUT2D eigenvalue weighted by atomic mass is 33.1. The summed E-state index contributed by atoms with van der Waals surface area (Å²) in [5.41, 5.74) is 4.93. The molecule has 8 nitrogen and oxygen atoms in total. The molecule has 1 aromatic carbocycles. The van der Waals surface area contributed by atoms with Crippen molar-refractivity contribution in [1.29, 1.82) is 0 Å². The van der Waals surface area contributed by atoms with Crippen molar-refractivity contribution < 1.29 is 23.8 Å². The molecule has 1 amide bonds. The predicted molar refractivity (Wildman–Crippen MR) is 173 cm³/mol. The Kier molecular flexibility index (Phi) is 15.9. The molecule has 1 aliphatic carbocycles. The minimum absolute atomic E-state index is 0.0388. The van der Waals surface area contributed by atoms with Gasteiger partial charge in [-0.25, -0.2) is 0 Å². The molecule has 2 aliphatic rings. The summed E-state index contributed by atoms with van der Waals surface area (Å²) < 4.78 is 16.5. The van der Waals surface area contributed by atoms with Gasteiger partial charge in [-0.1, -0.05) is 27.7 Å². The van der Waals surface area contributed by atoms with E-state index in [0.717, 1.165) is 71.7 Å². The Bertz CT molecular complexity index is 1120. The van der Waals surface area contributed by atoms with Gasteiger partial charge in [-0.05, 0) is 60.1 Å². The molecular formula is C31H47N3O5S2. The molecule has 4 rings (SSSR count). The van der Waals surface area contributed by atoms with Gasteiger partial charge in [0, 0.05) is 50.8 Å². The maximum absolute atomic E-state index is 11.8. The number of aromatic nitrogens is 1. The lowest BCUT2D eigenvalue weighted by Gasteiger charge is -2.58. The Morgan fingerprint density at radius 3 is 2.12 bits per heavy atom. The van der Waals surface area contributed by atoms with Crippen LogP contribution in [0, 0.1) is 18.3 Å². The number of methoxy groups -OCH3 is 3. The number of carbonyl (C=O) groups is 2. The van der Waals surface area contributed by atoms with E-state index in [2.05, 4.69) is 33.2 Å². The van der Waals surface area contributed by atoms with Gasteiger partial charge in [0.25, 0.3) is 0 Å².